The first-order valence-corrected chi connectivity index (χ1v) is 10.6. The highest BCUT2D eigenvalue weighted by atomic mass is 35.5. The van der Waals surface area contributed by atoms with Crippen LogP contribution in [0.2, 0.25) is 5.02 Å². The molecule has 2 aromatic carbocycles. The van der Waals surface area contributed by atoms with Gasteiger partial charge in [0.2, 0.25) is 17.6 Å². The molecule has 30 heavy (non-hydrogen) atoms. The van der Waals surface area contributed by atoms with Crippen LogP contribution in [-0.2, 0) is 11.2 Å². The Hall–Kier alpha value is -2.86. The van der Waals surface area contributed by atoms with Gasteiger partial charge in [-0.25, -0.2) is 0 Å². The van der Waals surface area contributed by atoms with E-state index >= 15 is 0 Å². The summed E-state index contributed by atoms with van der Waals surface area (Å²) in [5.74, 6) is 1.18. The summed E-state index contributed by atoms with van der Waals surface area (Å²) in [6.07, 6.45) is 0.816. The second-order valence-corrected chi connectivity index (χ2v) is 8.06. The molecule has 0 unspecified atom stereocenters. The van der Waals surface area contributed by atoms with Crippen molar-refractivity contribution in [2.45, 2.75) is 26.7 Å². The van der Waals surface area contributed by atoms with Crippen molar-refractivity contribution in [1.29, 1.82) is 0 Å². The van der Waals surface area contributed by atoms with Crippen molar-refractivity contribution in [1.82, 2.24) is 15.0 Å². The van der Waals surface area contributed by atoms with Crippen LogP contribution in [0, 0.1) is 13.8 Å². The number of anilines is 1. The Balaban J connectivity index is 1.31. The van der Waals surface area contributed by atoms with Gasteiger partial charge in [0.15, 0.2) is 0 Å². The van der Waals surface area contributed by atoms with E-state index in [1.54, 1.807) is 0 Å². The first-order chi connectivity index (χ1) is 14.5. The van der Waals surface area contributed by atoms with E-state index in [1.165, 1.54) is 5.56 Å². The lowest BCUT2D eigenvalue weighted by Gasteiger charge is -2.37. The lowest BCUT2D eigenvalue weighted by Crippen LogP contribution is -2.49. The normalized spacial score (nSPS) is 14.2. The highest BCUT2D eigenvalue weighted by molar-refractivity contribution is 6.30. The number of carbonyl (C=O) groups is 1. The Labute approximate surface area is 181 Å². The summed E-state index contributed by atoms with van der Waals surface area (Å²) in [5.41, 5.74) is 4.38. The zero-order valence-corrected chi connectivity index (χ0v) is 18.0. The summed E-state index contributed by atoms with van der Waals surface area (Å²) >= 11 is 6.15. The number of carbonyl (C=O) groups excluding carboxylic acids is 1. The Morgan fingerprint density at radius 2 is 1.83 bits per heavy atom. The third-order valence-electron chi connectivity index (χ3n) is 5.55. The predicted octanol–water partition coefficient (Wildman–Crippen LogP) is 4.29. The average Bonchev–Trinajstić information content (AvgIpc) is 3.23. The van der Waals surface area contributed by atoms with Gasteiger partial charge in [0.1, 0.15) is 0 Å². The Morgan fingerprint density at radius 3 is 2.60 bits per heavy atom. The molecular formula is C23H25ClN4O2. The van der Waals surface area contributed by atoms with E-state index in [0.29, 0.717) is 37.6 Å². The Morgan fingerprint density at radius 1 is 1.07 bits per heavy atom. The zero-order chi connectivity index (χ0) is 21.1. The third kappa shape index (κ3) is 4.49. The van der Waals surface area contributed by atoms with Crippen LogP contribution in [0.5, 0.6) is 0 Å². The average molecular weight is 425 g/mol. The third-order valence-corrected chi connectivity index (χ3v) is 5.79. The van der Waals surface area contributed by atoms with Crippen molar-refractivity contribution in [2.75, 3.05) is 31.1 Å². The van der Waals surface area contributed by atoms with Crippen LogP contribution >= 0.6 is 11.6 Å². The van der Waals surface area contributed by atoms with Crippen LogP contribution in [0.15, 0.2) is 47.0 Å². The number of benzene rings is 2. The quantitative estimate of drug-likeness (QED) is 0.611. The zero-order valence-electron chi connectivity index (χ0n) is 17.3. The fourth-order valence-corrected chi connectivity index (χ4v) is 3.95. The molecule has 1 amide bonds. The van der Waals surface area contributed by atoms with E-state index in [-0.39, 0.29) is 5.91 Å². The number of hydrogen-bond donors (Lipinski definition) is 0. The van der Waals surface area contributed by atoms with Crippen molar-refractivity contribution >= 4 is 23.2 Å². The summed E-state index contributed by atoms with van der Waals surface area (Å²) in [6, 6.07) is 13.8. The molecule has 2 heterocycles. The number of amides is 1. The first-order valence-electron chi connectivity index (χ1n) is 10.2. The largest absolute Gasteiger partial charge is 0.368 e. The maximum absolute atomic E-state index is 12.7. The molecule has 156 valence electrons. The van der Waals surface area contributed by atoms with Crippen molar-refractivity contribution in [3.63, 3.8) is 0 Å². The fraction of sp³-hybridized carbons (Fsp3) is 0.348. The van der Waals surface area contributed by atoms with Gasteiger partial charge in [-0.3, -0.25) is 4.79 Å². The molecule has 4 rings (SSSR count). The van der Waals surface area contributed by atoms with Crippen molar-refractivity contribution in [3.05, 3.63) is 64.5 Å². The predicted molar refractivity (Wildman–Crippen MR) is 118 cm³/mol. The van der Waals surface area contributed by atoms with E-state index in [4.69, 9.17) is 16.1 Å². The molecule has 0 spiro atoms. The molecule has 1 saturated heterocycles. The highest BCUT2D eigenvalue weighted by Gasteiger charge is 2.23. The fourth-order valence-electron chi connectivity index (χ4n) is 3.78. The van der Waals surface area contributed by atoms with E-state index in [0.717, 1.165) is 34.9 Å². The van der Waals surface area contributed by atoms with E-state index < -0.39 is 0 Å². The van der Waals surface area contributed by atoms with Crippen molar-refractivity contribution < 1.29 is 9.32 Å². The SMILES string of the molecule is Cc1ccccc1-c1noc(CCC(=O)N2CCN(c3cc(Cl)ccc3C)CC2)n1. The summed E-state index contributed by atoms with van der Waals surface area (Å²) < 4.78 is 5.36. The van der Waals surface area contributed by atoms with Gasteiger partial charge >= 0.3 is 0 Å². The second kappa shape index (κ2) is 8.88. The lowest BCUT2D eigenvalue weighted by atomic mass is 10.1. The smallest absolute Gasteiger partial charge is 0.227 e. The van der Waals surface area contributed by atoms with Crippen LogP contribution in [0.3, 0.4) is 0 Å². The van der Waals surface area contributed by atoms with Crippen LogP contribution in [0.4, 0.5) is 5.69 Å². The second-order valence-electron chi connectivity index (χ2n) is 7.63. The molecule has 1 aliphatic rings. The molecule has 7 heteroatoms. The van der Waals surface area contributed by atoms with Gasteiger partial charge in [0.05, 0.1) is 0 Å². The topological polar surface area (TPSA) is 62.5 Å². The number of nitrogens with zero attached hydrogens (tertiary/aromatic N) is 4. The number of piperazine rings is 1. The number of aromatic nitrogens is 2. The van der Waals surface area contributed by atoms with E-state index in [9.17, 15) is 4.79 Å². The van der Waals surface area contributed by atoms with E-state index in [1.807, 2.05) is 54.3 Å². The monoisotopic (exact) mass is 424 g/mol. The molecule has 6 nitrogen and oxygen atoms in total. The van der Waals surface area contributed by atoms with Gasteiger partial charge in [0, 0.05) is 55.3 Å². The van der Waals surface area contributed by atoms with Crippen molar-refractivity contribution in [2.24, 2.45) is 0 Å². The van der Waals surface area contributed by atoms with Crippen LogP contribution in [0.1, 0.15) is 23.4 Å². The number of halogens is 1. The molecule has 0 atom stereocenters. The number of hydrogen-bond acceptors (Lipinski definition) is 5. The molecule has 1 aliphatic heterocycles. The minimum absolute atomic E-state index is 0.119. The minimum Gasteiger partial charge on any atom is -0.368 e. The van der Waals surface area contributed by atoms with Gasteiger partial charge in [-0.05, 0) is 37.1 Å². The molecule has 3 aromatic rings. The summed E-state index contributed by atoms with van der Waals surface area (Å²) in [6.45, 7) is 7.08. The van der Waals surface area contributed by atoms with Gasteiger partial charge < -0.3 is 14.3 Å². The summed E-state index contributed by atoms with van der Waals surface area (Å²) in [7, 11) is 0. The maximum Gasteiger partial charge on any atom is 0.227 e. The summed E-state index contributed by atoms with van der Waals surface area (Å²) in [5, 5.41) is 4.80. The first kappa shape index (κ1) is 20.4. The molecule has 1 aromatic heterocycles. The Bertz CT molecular complexity index is 1040. The van der Waals surface area contributed by atoms with Gasteiger partial charge in [-0.15, -0.1) is 0 Å². The standard InChI is InChI=1S/C23H25ClN4O2/c1-16-5-3-4-6-19(16)23-25-21(30-26-23)9-10-22(29)28-13-11-27(12-14-28)20-15-18(24)8-7-17(20)2/h3-8,15H,9-14H2,1-2H3. The van der Waals surface area contributed by atoms with Gasteiger partial charge in [-0.1, -0.05) is 47.1 Å². The van der Waals surface area contributed by atoms with Crippen LogP contribution < -0.4 is 4.90 Å². The minimum atomic E-state index is 0.119. The molecule has 0 radical (unpaired) electrons. The van der Waals surface area contributed by atoms with Crippen LogP contribution in [0.25, 0.3) is 11.4 Å². The van der Waals surface area contributed by atoms with Crippen LogP contribution in [-0.4, -0.2) is 47.1 Å². The Kier molecular flexibility index (Phi) is 6.04. The molecule has 0 aliphatic carbocycles. The lowest BCUT2D eigenvalue weighted by molar-refractivity contribution is -0.131. The highest BCUT2D eigenvalue weighted by Crippen LogP contribution is 2.25. The summed E-state index contributed by atoms with van der Waals surface area (Å²) in [4.78, 5) is 21.3. The van der Waals surface area contributed by atoms with Crippen molar-refractivity contribution in [3.8, 4) is 11.4 Å². The van der Waals surface area contributed by atoms with E-state index in [2.05, 4.69) is 22.0 Å². The molecule has 0 saturated carbocycles. The number of rotatable bonds is 5. The molecule has 0 bridgehead atoms. The molecule has 0 N–H and O–H groups in total. The van der Waals surface area contributed by atoms with Gasteiger partial charge in [-0.2, -0.15) is 4.98 Å². The molecule has 1 fully saturated rings. The maximum atomic E-state index is 12.7. The van der Waals surface area contributed by atoms with Gasteiger partial charge in [0.25, 0.3) is 0 Å². The number of aryl methyl sites for hydroxylation is 3. The molecular weight excluding hydrogens is 400 g/mol.